The van der Waals surface area contributed by atoms with Gasteiger partial charge in [0.2, 0.25) is 11.8 Å². The van der Waals surface area contributed by atoms with E-state index in [1.54, 1.807) is 6.07 Å². The minimum absolute atomic E-state index is 0.0233. The Morgan fingerprint density at radius 2 is 2.19 bits per heavy atom. The fourth-order valence-electron chi connectivity index (χ4n) is 1.54. The van der Waals surface area contributed by atoms with Gasteiger partial charge in [0, 0.05) is 12.7 Å². The second-order valence-electron chi connectivity index (χ2n) is 4.09. The molecule has 0 aliphatic rings. The quantitative estimate of drug-likeness (QED) is 0.686. The van der Waals surface area contributed by atoms with Crippen LogP contribution in [0, 0.1) is 0 Å². The van der Waals surface area contributed by atoms with Gasteiger partial charge < -0.3 is 15.6 Å². The second-order valence-corrected chi connectivity index (χ2v) is 5.49. The zero-order valence-electron chi connectivity index (χ0n) is 11.3. The molecule has 0 fully saturated rings. The average Bonchev–Trinajstić information content (AvgIpc) is 2.85. The summed E-state index contributed by atoms with van der Waals surface area (Å²) < 4.78 is 0. The van der Waals surface area contributed by atoms with Crippen molar-refractivity contribution in [3.63, 3.8) is 0 Å². The lowest BCUT2D eigenvalue weighted by molar-refractivity contribution is -0.124. The Balaban J connectivity index is 1.84. The molecule has 2 heterocycles. The average molecular weight is 328 g/mol. The Morgan fingerprint density at radius 3 is 2.95 bits per heavy atom. The van der Waals surface area contributed by atoms with Gasteiger partial charge >= 0.3 is 0 Å². The maximum atomic E-state index is 11.6. The van der Waals surface area contributed by atoms with Crippen molar-refractivity contribution in [1.29, 1.82) is 0 Å². The first-order chi connectivity index (χ1) is 10.1. The fraction of sp³-hybridized carbons (Fsp3) is 0.333. The molecular weight excluding hydrogens is 314 g/mol. The first-order valence-electron chi connectivity index (χ1n) is 6.26. The summed E-state index contributed by atoms with van der Waals surface area (Å²) in [7, 11) is 0. The molecule has 21 heavy (non-hydrogen) atoms. The van der Waals surface area contributed by atoms with Crippen LogP contribution in [-0.4, -0.2) is 45.6 Å². The highest BCUT2D eigenvalue weighted by atomic mass is 35.5. The molecular formula is C12H14ClN5O2S. The number of pyridine rings is 1. The van der Waals surface area contributed by atoms with Crippen molar-refractivity contribution in [2.45, 2.75) is 12.1 Å². The van der Waals surface area contributed by atoms with Crippen LogP contribution in [0.4, 0.5) is 0 Å². The van der Waals surface area contributed by atoms with Crippen LogP contribution in [0.2, 0.25) is 5.02 Å². The molecule has 0 saturated heterocycles. The van der Waals surface area contributed by atoms with Crippen molar-refractivity contribution in [1.82, 2.24) is 25.6 Å². The summed E-state index contributed by atoms with van der Waals surface area (Å²) in [5, 5.41) is 6.22. The van der Waals surface area contributed by atoms with E-state index >= 15 is 0 Å². The van der Waals surface area contributed by atoms with E-state index in [1.807, 2.05) is 6.92 Å². The zero-order chi connectivity index (χ0) is 15.2. The van der Waals surface area contributed by atoms with Crippen LogP contribution in [0.3, 0.4) is 0 Å². The monoisotopic (exact) mass is 327 g/mol. The number of aromatic amines is 1. The Bertz CT molecular complexity index is 660. The number of hydrogen-bond donors (Lipinski definition) is 3. The molecule has 0 bridgehead atoms. The van der Waals surface area contributed by atoms with Crippen LogP contribution in [0.1, 0.15) is 6.92 Å². The van der Waals surface area contributed by atoms with Crippen LogP contribution < -0.4 is 10.6 Å². The van der Waals surface area contributed by atoms with Crippen molar-refractivity contribution >= 4 is 46.3 Å². The standard InChI is InChI=1S/C12H14ClN5O2S/c1-2-14-9(19)5-15-10(20)6-21-12-17-8-3-7(13)4-16-11(8)18-12/h3-4H,2,5-6H2,1H3,(H,14,19)(H,15,20)(H,16,17,18). The van der Waals surface area contributed by atoms with E-state index in [-0.39, 0.29) is 24.1 Å². The lowest BCUT2D eigenvalue weighted by Gasteiger charge is -2.04. The summed E-state index contributed by atoms with van der Waals surface area (Å²) in [6.45, 7) is 2.33. The Labute approximate surface area is 130 Å². The van der Waals surface area contributed by atoms with Crippen LogP contribution in [-0.2, 0) is 9.59 Å². The second kappa shape index (κ2) is 7.28. The van der Waals surface area contributed by atoms with Crippen LogP contribution in [0.15, 0.2) is 17.4 Å². The van der Waals surface area contributed by atoms with Gasteiger partial charge in [-0.3, -0.25) is 9.59 Å². The molecule has 0 saturated carbocycles. The normalized spacial score (nSPS) is 10.6. The van der Waals surface area contributed by atoms with Gasteiger partial charge in [-0.1, -0.05) is 23.4 Å². The third-order valence-electron chi connectivity index (χ3n) is 2.44. The fourth-order valence-corrected chi connectivity index (χ4v) is 2.41. The van der Waals surface area contributed by atoms with Gasteiger partial charge in [-0.25, -0.2) is 9.97 Å². The minimum atomic E-state index is -0.238. The molecule has 2 rings (SSSR count). The maximum Gasteiger partial charge on any atom is 0.239 e. The number of amides is 2. The molecule has 0 atom stereocenters. The minimum Gasteiger partial charge on any atom is -0.355 e. The number of nitrogens with one attached hydrogen (secondary N) is 3. The number of thioether (sulfide) groups is 1. The van der Waals surface area contributed by atoms with Gasteiger partial charge in [-0.15, -0.1) is 0 Å². The van der Waals surface area contributed by atoms with E-state index in [4.69, 9.17) is 11.6 Å². The smallest absolute Gasteiger partial charge is 0.239 e. The largest absolute Gasteiger partial charge is 0.355 e. The Morgan fingerprint density at radius 1 is 1.38 bits per heavy atom. The van der Waals surface area contributed by atoms with E-state index in [1.165, 1.54) is 18.0 Å². The molecule has 0 spiro atoms. The molecule has 9 heteroatoms. The SMILES string of the molecule is CCNC(=O)CNC(=O)CSc1nc2ncc(Cl)cc2[nH]1. The zero-order valence-corrected chi connectivity index (χ0v) is 12.8. The van der Waals surface area contributed by atoms with Crippen LogP contribution in [0.25, 0.3) is 11.2 Å². The van der Waals surface area contributed by atoms with Crippen molar-refractivity contribution in [2.75, 3.05) is 18.8 Å². The number of H-pyrrole nitrogens is 1. The van der Waals surface area contributed by atoms with Crippen molar-refractivity contribution in [3.8, 4) is 0 Å². The van der Waals surface area contributed by atoms with Crippen molar-refractivity contribution < 1.29 is 9.59 Å². The third kappa shape index (κ3) is 4.61. The predicted molar refractivity (Wildman–Crippen MR) is 81.3 cm³/mol. The number of fused-ring (bicyclic) bond motifs is 1. The highest BCUT2D eigenvalue weighted by Gasteiger charge is 2.09. The Hall–Kier alpha value is -1.80. The van der Waals surface area contributed by atoms with E-state index in [0.717, 1.165) is 0 Å². The highest BCUT2D eigenvalue weighted by Crippen LogP contribution is 2.20. The maximum absolute atomic E-state index is 11.6. The summed E-state index contributed by atoms with van der Waals surface area (Å²) in [4.78, 5) is 34.1. The number of rotatable bonds is 6. The van der Waals surface area contributed by atoms with E-state index in [0.29, 0.717) is 27.9 Å². The summed E-state index contributed by atoms with van der Waals surface area (Å²) >= 11 is 7.06. The third-order valence-corrected chi connectivity index (χ3v) is 3.52. The number of imidazole rings is 1. The molecule has 0 radical (unpaired) electrons. The lowest BCUT2D eigenvalue weighted by Crippen LogP contribution is -2.37. The molecule has 2 amide bonds. The number of carbonyl (C=O) groups excluding carboxylic acids is 2. The number of hydrogen-bond acceptors (Lipinski definition) is 5. The number of aromatic nitrogens is 3. The molecule has 0 aliphatic carbocycles. The van der Waals surface area contributed by atoms with Gasteiger partial charge in [0.15, 0.2) is 10.8 Å². The van der Waals surface area contributed by atoms with E-state index in [2.05, 4.69) is 25.6 Å². The predicted octanol–water partition coefficient (Wildman–Crippen LogP) is 0.956. The summed E-state index contributed by atoms with van der Waals surface area (Å²) in [5.41, 5.74) is 1.26. The first kappa shape index (κ1) is 15.6. The molecule has 0 aliphatic heterocycles. The number of carbonyl (C=O) groups is 2. The number of nitrogens with zero attached hydrogens (tertiary/aromatic N) is 2. The number of likely N-dealkylation sites (N-methyl/N-ethyl adjacent to an activating group) is 1. The Kier molecular flexibility index (Phi) is 5.40. The summed E-state index contributed by atoms with van der Waals surface area (Å²) in [5.74, 6) is -0.288. The number of halogens is 1. The van der Waals surface area contributed by atoms with Gasteiger partial charge in [-0.05, 0) is 13.0 Å². The van der Waals surface area contributed by atoms with Crippen LogP contribution >= 0.6 is 23.4 Å². The van der Waals surface area contributed by atoms with Gasteiger partial charge in [0.1, 0.15) is 0 Å². The van der Waals surface area contributed by atoms with Gasteiger partial charge in [0.25, 0.3) is 0 Å². The molecule has 7 nitrogen and oxygen atoms in total. The molecule has 112 valence electrons. The molecule has 3 N–H and O–H groups in total. The van der Waals surface area contributed by atoms with Crippen LogP contribution in [0.5, 0.6) is 0 Å². The topological polar surface area (TPSA) is 99.8 Å². The summed E-state index contributed by atoms with van der Waals surface area (Å²) in [6.07, 6.45) is 1.51. The van der Waals surface area contributed by atoms with E-state index < -0.39 is 0 Å². The van der Waals surface area contributed by atoms with E-state index in [9.17, 15) is 9.59 Å². The molecule has 2 aromatic rings. The molecule has 2 aromatic heterocycles. The molecule has 0 aromatic carbocycles. The van der Waals surface area contributed by atoms with Gasteiger partial charge in [0.05, 0.1) is 22.8 Å². The highest BCUT2D eigenvalue weighted by molar-refractivity contribution is 7.99. The first-order valence-corrected chi connectivity index (χ1v) is 7.62. The summed E-state index contributed by atoms with van der Waals surface area (Å²) in [6, 6.07) is 1.72. The molecule has 0 unspecified atom stereocenters. The van der Waals surface area contributed by atoms with Crippen molar-refractivity contribution in [2.24, 2.45) is 0 Å². The van der Waals surface area contributed by atoms with Crippen molar-refractivity contribution in [3.05, 3.63) is 17.3 Å². The van der Waals surface area contributed by atoms with Gasteiger partial charge in [-0.2, -0.15) is 0 Å². The lowest BCUT2D eigenvalue weighted by atomic mass is 10.4.